The van der Waals surface area contributed by atoms with Gasteiger partial charge in [0.05, 0.1) is 12.8 Å². The predicted octanol–water partition coefficient (Wildman–Crippen LogP) is 1.35. The Hall–Kier alpha value is -2.04. The van der Waals surface area contributed by atoms with Crippen LogP contribution in [0.2, 0.25) is 0 Å². The number of aryl methyl sites for hydroxylation is 1. The van der Waals surface area contributed by atoms with Crippen LogP contribution in [0.3, 0.4) is 0 Å². The van der Waals surface area contributed by atoms with E-state index in [9.17, 15) is 4.79 Å². The molecule has 0 aliphatic carbocycles. The summed E-state index contributed by atoms with van der Waals surface area (Å²) in [6.07, 6.45) is 1.65. The molecule has 0 radical (unpaired) electrons. The maximum absolute atomic E-state index is 11.0. The molecule has 2 heterocycles. The maximum Gasteiger partial charge on any atom is 0.354 e. The van der Waals surface area contributed by atoms with E-state index < -0.39 is 5.97 Å². The molecule has 1 N–H and O–H groups in total. The van der Waals surface area contributed by atoms with Crippen molar-refractivity contribution in [3.8, 4) is 5.75 Å². The molecule has 0 atom stereocenters. The van der Waals surface area contributed by atoms with E-state index in [2.05, 4.69) is 4.98 Å². The lowest BCUT2D eigenvalue weighted by molar-refractivity contribution is 0.0688. The van der Waals surface area contributed by atoms with Crippen molar-refractivity contribution in [2.75, 3.05) is 7.11 Å². The van der Waals surface area contributed by atoms with Gasteiger partial charge in [0.25, 0.3) is 0 Å². The van der Waals surface area contributed by atoms with Gasteiger partial charge in [-0.15, -0.1) is 0 Å². The van der Waals surface area contributed by atoms with Crippen molar-refractivity contribution in [2.45, 2.75) is 6.92 Å². The number of ether oxygens (including phenoxy) is 1. The van der Waals surface area contributed by atoms with Crippen LogP contribution in [-0.2, 0) is 0 Å². The van der Waals surface area contributed by atoms with Gasteiger partial charge in [-0.2, -0.15) is 0 Å². The number of nitrogens with zero attached hydrogens (tertiary/aromatic N) is 2. The number of aromatic nitrogens is 2. The van der Waals surface area contributed by atoms with Gasteiger partial charge in [0, 0.05) is 6.20 Å². The Morgan fingerprint density at radius 1 is 1.60 bits per heavy atom. The summed E-state index contributed by atoms with van der Waals surface area (Å²) in [7, 11) is 1.53. The van der Waals surface area contributed by atoms with E-state index in [1.807, 2.05) is 0 Å². The number of pyridine rings is 1. The fourth-order valence-electron chi connectivity index (χ4n) is 1.57. The second-order valence-electron chi connectivity index (χ2n) is 3.12. The van der Waals surface area contributed by atoms with Crippen molar-refractivity contribution in [3.05, 3.63) is 29.7 Å². The molecule has 0 saturated heterocycles. The lowest BCUT2D eigenvalue weighted by Crippen LogP contribution is -2.03. The topological polar surface area (TPSA) is 63.8 Å². The van der Waals surface area contributed by atoms with E-state index in [4.69, 9.17) is 9.84 Å². The van der Waals surface area contributed by atoms with Crippen molar-refractivity contribution >= 4 is 11.6 Å². The second kappa shape index (κ2) is 3.27. The fourth-order valence-corrected chi connectivity index (χ4v) is 1.57. The zero-order valence-electron chi connectivity index (χ0n) is 8.39. The number of rotatable bonds is 2. The molecule has 5 heteroatoms. The number of fused-ring (bicyclic) bond motifs is 1. The van der Waals surface area contributed by atoms with Gasteiger partial charge in [-0.05, 0) is 19.1 Å². The van der Waals surface area contributed by atoms with Crippen LogP contribution in [-0.4, -0.2) is 27.6 Å². The smallest absolute Gasteiger partial charge is 0.354 e. The summed E-state index contributed by atoms with van der Waals surface area (Å²) in [6.45, 7) is 1.66. The van der Waals surface area contributed by atoms with Crippen LogP contribution >= 0.6 is 0 Å². The average molecular weight is 206 g/mol. The van der Waals surface area contributed by atoms with E-state index in [-0.39, 0.29) is 5.69 Å². The molecule has 2 rings (SSSR count). The van der Waals surface area contributed by atoms with Crippen molar-refractivity contribution in [1.82, 2.24) is 9.38 Å². The summed E-state index contributed by atoms with van der Waals surface area (Å²) in [5.41, 5.74) is 1.17. The Morgan fingerprint density at radius 3 is 2.93 bits per heavy atom. The van der Waals surface area contributed by atoms with E-state index >= 15 is 0 Å². The highest BCUT2D eigenvalue weighted by Gasteiger charge is 2.16. The number of carboxylic acids is 1. The molecule has 0 aromatic carbocycles. The summed E-state index contributed by atoms with van der Waals surface area (Å²) in [6, 6.07) is 3.47. The summed E-state index contributed by atoms with van der Waals surface area (Å²) >= 11 is 0. The fraction of sp³-hybridized carbons (Fsp3) is 0.200. The standard InChI is InChI=1S/C10H10N2O3/c1-6-8(10(13)14)12-5-3-4-7(15-2)9(12)11-6/h3-5H,1-2H3,(H,13,14). The minimum absolute atomic E-state index is 0.170. The molecule has 78 valence electrons. The Labute approximate surface area is 85.9 Å². The predicted molar refractivity (Wildman–Crippen MR) is 53.4 cm³/mol. The number of hydrogen-bond acceptors (Lipinski definition) is 3. The normalized spacial score (nSPS) is 10.5. The zero-order valence-corrected chi connectivity index (χ0v) is 8.39. The molecular formula is C10H10N2O3. The summed E-state index contributed by atoms with van der Waals surface area (Å²) in [4.78, 5) is 15.2. The minimum Gasteiger partial charge on any atom is -0.493 e. The Bertz CT molecular complexity index is 531. The number of imidazole rings is 1. The third kappa shape index (κ3) is 1.32. The van der Waals surface area contributed by atoms with E-state index in [0.717, 1.165) is 0 Å². The van der Waals surface area contributed by atoms with Gasteiger partial charge in [-0.1, -0.05) is 0 Å². The molecule has 5 nitrogen and oxygen atoms in total. The number of aromatic carboxylic acids is 1. The van der Waals surface area contributed by atoms with Crippen LogP contribution < -0.4 is 4.74 Å². The van der Waals surface area contributed by atoms with Gasteiger partial charge in [-0.25, -0.2) is 9.78 Å². The van der Waals surface area contributed by atoms with E-state index in [1.54, 1.807) is 25.3 Å². The molecule has 0 aliphatic heterocycles. The third-order valence-corrected chi connectivity index (χ3v) is 2.21. The Morgan fingerprint density at radius 2 is 2.33 bits per heavy atom. The van der Waals surface area contributed by atoms with E-state index in [1.165, 1.54) is 11.5 Å². The Balaban J connectivity index is 2.84. The van der Waals surface area contributed by atoms with Crippen LogP contribution in [0.5, 0.6) is 5.75 Å². The highest BCUT2D eigenvalue weighted by atomic mass is 16.5. The van der Waals surface area contributed by atoms with Crippen LogP contribution in [0.15, 0.2) is 18.3 Å². The highest BCUT2D eigenvalue weighted by molar-refractivity contribution is 5.88. The summed E-state index contributed by atoms with van der Waals surface area (Å²) < 4.78 is 6.61. The molecular weight excluding hydrogens is 196 g/mol. The molecule has 0 saturated carbocycles. The molecule has 2 aromatic heterocycles. The molecule has 2 aromatic rings. The van der Waals surface area contributed by atoms with Gasteiger partial charge < -0.3 is 9.84 Å². The van der Waals surface area contributed by atoms with Crippen molar-refractivity contribution in [1.29, 1.82) is 0 Å². The third-order valence-electron chi connectivity index (χ3n) is 2.21. The zero-order chi connectivity index (χ0) is 11.0. The van der Waals surface area contributed by atoms with Crippen LogP contribution in [0.25, 0.3) is 5.65 Å². The van der Waals surface area contributed by atoms with Gasteiger partial charge in [-0.3, -0.25) is 4.40 Å². The number of hydrogen-bond donors (Lipinski definition) is 1. The molecule has 0 amide bonds. The Kier molecular flexibility index (Phi) is 2.07. The monoisotopic (exact) mass is 206 g/mol. The van der Waals surface area contributed by atoms with Crippen LogP contribution in [0.4, 0.5) is 0 Å². The average Bonchev–Trinajstić information content (AvgIpc) is 2.53. The quantitative estimate of drug-likeness (QED) is 0.805. The van der Waals surface area contributed by atoms with E-state index in [0.29, 0.717) is 17.1 Å². The minimum atomic E-state index is -0.992. The molecule has 0 bridgehead atoms. The first-order chi connectivity index (χ1) is 7.15. The lowest BCUT2D eigenvalue weighted by atomic mass is 10.3. The first-order valence-corrected chi connectivity index (χ1v) is 4.40. The molecule has 15 heavy (non-hydrogen) atoms. The van der Waals surface area contributed by atoms with Crippen molar-refractivity contribution in [3.63, 3.8) is 0 Å². The van der Waals surface area contributed by atoms with Gasteiger partial charge in [0.2, 0.25) is 0 Å². The van der Waals surface area contributed by atoms with Gasteiger partial charge in [0.1, 0.15) is 0 Å². The first-order valence-electron chi connectivity index (χ1n) is 4.40. The number of carboxylic acid groups (broad SMARTS) is 1. The lowest BCUT2D eigenvalue weighted by Gasteiger charge is -2.01. The number of methoxy groups -OCH3 is 1. The molecule has 0 unspecified atom stereocenters. The van der Waals surface area contributed by atoms with Gasteiger partial charge in [0.15, 0.2) is 17.1 Å². The molecule has 0 aliphatic rings. The van der Waals surface area contributed by atoms with Crippen molar-refractivity contribution < 1.29 is 14.6 Å². The SMILES string of the molecule is COc1cccn2c(C(=O)O)c(C)nc12. The summed E-state index contributed by atoms with van der Waals surface area (Å²) in [5.74, 6) is -0.429. The first kappa shape index (κ1) is 9.51. The maximum atomic E-state index is 11.0. The van der Waals surface area contributed by atoms with Gasteiger partial charge >= 0.3 is 5.97 Å². The van der Waals surface area contributed by atoms with Crippen LogP contribution in [0, 0.1) is 6.92 Å². The molecule has 0 spiro atoms. The van der Waals surface area contributed by atoms with Crippen molar-refractivity contribution in [2.24, 2.45) is 0 Å². The summed E-state index contributed by atoms with van der Waals surface area (Å²) in [5, 5.41) is 9.01. The second-order valence-corrected chi connectivity index (χ2v) is 3.12. The van der Waals surface area contributed by atoms with Crippen LogP contribution in [0.1, 0.15) is 16.2 Å². The number of carbonyl (C=O) groups is 1. The molecule has 0 fully saturated rings. The highest BCUT2D eigenvalue weighted by Crippen LogP contribution is 2.21. The largest absolute Gasteiger partial charge is 0.493 e.